The van der Waals surface area contributed by atoms with Gasteiger partial charge in [-0.1, -0.05) is 30.0 Å². The Labute approximate surface area is 167 Å². The number of para-hydroxylation sites is 1. The molecule has 0 spiro atoms. The molecule has 4 rings (SSSR count). The highest BCUT2D eigenvalue weighted by Crippen LogP contribution is 2.27. The Kier molecular flexibility index (Phi) is 4.77. The second-order valence-electron chi connectivity index (χ2n) is 6.80. The Bertz CT molecular complexity index is 1190. The summed E-state index contributed by atoms with van der Waals surface area (Å²) in [6, 6.07) is 10.2. The average Bonchev–Trinajstić information content (AvgIpc) is 3.21. The Morgan fingerprint density at radius 1 is 1.14 bits per heavy atom. The summed E-state index contributed by atoms with van der Waals surface area (Å²) < 4.78 is 3.86. The van der Waals surface area contributed by atoms with Crippen LogP contribution in [-0.4, -0.2) is 35.9 Å². The van der Waals surface area contributed by atoms with E-state index < -0.39 is 0 Å². The second-order valence-corrected chi connectivity index (χ2v) is 7.77. The van der Waals surface area contributed by atoms with Crippen LogP contribution in [0.4, 0.5) is 0 Å². The van der Waals surface area contributed by atoms with Crippen LogP contribution in [0, 0.1) is 20.8 Å². The summed E-state index contributed by atoms with van der Waals surface area (Å²) in [5.74, 6) is 0.410. The molecule has 3 heterocycles. The predicted octanol–water partition coefficient (Wildman–Crippen LogP) is 4.05. The third-order valence-corrected chi connectivity index (χ3v) is 5.93. The summed E-state index contributed by atoms with van der Waals surface area (Å²) in [5.41, 5.74) is 5.82. The molecule has 0 saturated heterocycles. The highest BCUT2D eigenvalue weighted by molar-refractivity contribution is 8.00. The lowest BCUT2D eigenvalue weighted by molar-refractivity contribution is 0.102. The number of ketones is 1. The number of benzene rings is 1. The molecule has 0 aliphatic rings. The van der Waals surface area contributed by atoms with Crippen LogP contribution in [-0.2, 0) is 7.05 Å². The predicted molar refractivity (Wildman–Crippen MR) is 111 cm³/mol. The van der Waals surface area contributed by atoms with Crippen LogP contribution in [0.1, 0.15) is 27.3 Å². The molecule has 0 unspecified atom stereocenters. The van der Waals surface area contributed by atoms with Crippen molar-refractivity contribution in [3.8, 4) is 5.69 Å². The third-order valence-electron chi connectivity index (χ3n) is 4.92. The van der Waals surface area contributed by atoms with Crippen molar-refractivity contribution in [2.75, 3.05) is 5.75 Å². The first-order valence-corrected chi connectivity index (χ1v) is 9.99. The molecule has 142 valence electrons. The van der Waals surface area contributed by atoms with Crippen LogP contribution >= 0.6 is 11.8 Å². The fraction of sp³-hybridized carbons (Fsp3) is 0.238. The lowest BCUT2D eigenvalue weighted by Gasteiger charge is -2.12. The Morgan fingerprint density at radius 3 is 2.71 bits per heavy atom. The monoisotopic (exact) mass is 391 g/mol. The number of nitrogens with zero attached hydrogens (tertiary/aromatic N) is 5. The van der Waals surface area contributed by atoms with Gasteiger partial charge in [0.15, 0.2) is 11.4 Å². The van der Waals surface area contributed by atoms with Crippen molar-refractivity contribution in [1.29, 1.82) is 0 Å². The van der Waals surface area contributed by atoms with Gasteiger partial charge in [-0.05, 0) is 38.5 Å². The summed E-state index contributed by atoms with van der Waals surface area (Å²) in [6.45, 7) is 6.12. The number of Topliss-reactive ketones (excluding diaryl/α,β-unsaturated/α-hetero) is 1. The van der Waals surface area contributed by atoms with E-state index in [1.807, 2.05) is 39.1 Å². The highest BCUT2D eigenvalue weighted by atomic mass is 32.2. The van der Waals surface area contributed by atoms with Crippen molar-refractivity contribution in [3.63, 3.8) is 0 Å². The zero-order valence-corrected chi connectivity index (χ0v) is 17.1. The van der Waals surface area contributed by atoms with Crippen LogP contribution in [0.2, 0.25) is 0 Å². The molecule has 0 bridgehead atoms. The highest BCUT2D eigenvalue weighted by Gasteiger charge is 2.18. The second kappa shape index (κ2) is 7.24. The molecule has 1 aromatic carbocycles. The summed E-state index contributed by atoms with van der Waals surface area (Å²) in [4.78, 5) is 21.5. The van der Waals surface area contributed by atoms with Crippen molar-refractivity contribution in [2.45, 2.75) is 25.8 Å². The summed E-state index contributed by atoms with van der Waals surface area (Å²) in [5, 5.41) is 5.87. The Morgan fingerprint density at radius 2 is 1.93 bits per heavy atom. The molecular formula is C21H21N5OS. The number of rotatable bonds is 5. The van der Waals surface area contributed by atoms with E-state index in [1.165, 1.54) is 23.7 Å². The average molecular weight is 392 g/mol. The van der Waals surface area contributed by atoms with E-state index in [1.54, 1.807) is 10.9 Å². The minimum atomic E-state index is 0.0913. The van der Waals surface area contributed by atoms with Crippen LogP contribution in [0.3, 0.4) is 0 Å². The van der Waals surface area contributed by atoms with Gasteiger partial charge in [-0.25, -0.2) is 9.97 Å². The van der Waals surface area contributed by atoms with Gasteiger partial charge >= 0.3 is 0 Å². The van der Waals surface area contributed by atoms with Gasteiger partial charge in [0.2, 0.25) is 0 Å². The number of aryl methyl sites for hydroxylation is 3. The maximum atomic E-state index is 13.0. The zero-order chi connectivity index (χ0) is 19.8. The van der Waals surface area contributed by atoms with Crippen molar-refractivity contribution < 1.29 is 4.79 Å². The van der Waals surface area contributed by atoms with Gasteiger partial charge in [-0.3, -0.25) is 9.48 Å². The molecular weight excluding hydrogens is 370 g/mol. The van der Waals surface area contributed by atoms with Gasteiger partial charge in [-0.2, -0.15) is 5.10 Å². The number of thioether (sulfide) groups is 1. The standard InChI is InChI=1S/C21H21N5OS/c1-13-7-5-6-8-18(13)26-14(2)9-16(15(26)3)19(27)11-28-21-17-10-24-25(4)20(17)22-12-23-21/h5-10,12H,11H2,1-4H3. The molecule has 7 heteroatoms. The van der Waals surface area contributed by atoms with E-state index >= 15 is 0 Å². The SMILES string of the molecule is Cc1ccccc1-n1c(C)cc(C(=O)CSc2ncnc3c2cnn3C)c1C. The number of carbonyl (C=O) groups is 1. The lowest BCUT2D eigenvalue weighted by atomic mass is 10.1. The molecule has 4 aromatic rings. The summed E-state index contributed by atoms with van der Waals surface area (Å²) in [7, 11) is 1.84. The largest absolute Gasteiger partial charge is 0.318 e. The van der Waals surface area contributed by atoms with Gasteiger partial charge in [0, 0.05) is 29.7 Å². The Hall–Kier alpha value is -2.93. The number of hydrogen-bond donors (Lipinski definition) is 0. The number of carbonyl (C=O) groups excluding carboxylic acids is 1. The fourth-order valence-corrected chi connectivity index (χ4v) is 4.34. The fourth-order valence-electron chi connectivity index (χ4n) is 3.50. The molecule has 28 heavy (non-hydrogen) atoms. The van der Waals surface area contributed by atoms with E-state index in [0.717, 1.165) is 38.7 Å². The van der Waals surface area contributed by atoms with Gasteiger partial charge in [0.25, 0.3) is 0 Å². The molecule has 0 aliphatic carbocycles. The van der Waals surface area contributed by atoms with E-state index in [4.69, 9.17) is 0 Å². The van der Waals surface area contributed by atoms with E-state index in [9.17, 15) is 4.79 Å². The number of aromatic nitrogens is 5. The maximum absolute atomic E-state index is 13.0. The third kappa shape index (κ3) is 3.11. The van der Waals surface area contributed by atoms with E-state index in [0.29, 0.717) is 5.75 Å². The van der Waals surface area contributed by atoms with E-state index in [-0.39, 0.29) is 5.78 Å². The van der Waals surface area contributed by atoms with Gasteiger partial charge in [0.05, 0.1) is 17.3 Å². The van der Waals surface area contributed by atoms with E-state index in [2.05, 4.69) is 38.7 Å². The van der Waals surface area contributed by atoms with Crippen molar-refractivity contribution in [1.82, 2.24) is 24.3 Å². The van der Waals surface area contributed by atoms with Crippen LogP contribution in [0.5, 0.6) is 0 Å². The molecule has 0 radical (unpaired) electrons. The molecule has 6 nitrogen and oxygen atoms in total. The normalized spacial score (nSPS) is 11.3. The van der Waals surface area contributed by atoms with Crippen molar-refractivity contribution >= 4 is 28.6 Å². The first-order valence-electron chi connectivity index (χ1n) is 9.01. The molecule has 3 aromatic heterocycles. The smallest absolute Gasteiger partial charge is 0.174 e. The maximum Gasteiger partial charge on any atom is 0.174 e. The molecule has 0 atom stereocenters. The van der Waals surface area contributed by atoms with Crippen LogP contribution < -0.4 is 0 Å². The van der Waals surface area contributed by atoms with Gasteiger partial charge in [-0.15, -0.1) is 0 Å². The first-order chi connectivity index (χ1) is 13.5. The zero-order valence-electron chi connectivity index (χ0n) is 16.3. The molecule has 0 aliphatic heterocycles. The summed E-state index contributed by atoms with van der Waals surface area (Å²) >= 11 is 1.43. The van der Waals surface area contributed by atoms with Gasteiger partial charge < -0.3 is 4.57 Å². The van der Waals surface area contributed by atoms with Crippen LogP contribution in [0.25, 0.3) is 16.7 Å². The Balaban J connectivity index is 1.61. The molecule has 0 fully saturated rings. The molecule has 0 amide bonds. The number of hydrogen-bond acceptors (Lipinski definition) is 5. The topological polar surface area (TPSA) is 65.6 Å². The van der Waals surface area contributed by atoms with Crippen LogP contribution in [0.15, 0.2) is 47.9 Å². The minimum Gasteiger partial charge on any atom is -0.318 e. The lowest BCUT2D eigenvalue weighted by Crippen LogP contribution is -2.06. The van der Waals surface area contributed by atoms with Gasteiger partial charge in [0.1, 0.15) is 11.4 Å². The quantitative estimate of drug-likeness (QED) is 0.292. The molecule has 0 N–H and O–H groups in total. The first kappa shape index (κ1) is 18.4. The summed E-state index contributed by atoms with van der Waals surface area (Å²) in [6.07, 6.45) is 3.26. The van der Waals surface area contributed by atoms with Crippen molar-refractivity contribution in [3.05, 3.63) is 65.4 Å². The minimum absolute atomic E-state index is 0.0913. The molecule has 0 saturated carbocycles. The number of fused-ring (bicyclic) bond motifs is 1. The van der Waals surface area contributed by atoms with Crippen molar-refractivity contribution in [2.24, 2.45) is 7.05 Å².